The topological polar surface area (TPSA) is 47.6 Å². The lowest BCUT2D eigenvalue weighted by atomic mass is 10.2. The Morgan fingerprint density at radius 2 is 1.78 bits per heavy atom. The summed E-state index contributed by atoms with van der Waals surface area (Å²) in [5.41, 5.74) is 1.30. The third-order valence-electron chi connectivity index (χ3n) is 3.02. The number of ether oxygens (including phenoxy) is 2. The highest BCUT2D eigenvalue weighted by molar-refractivity contribution is 6.36. The van der Waals surface area contributed by atoms with Crippen molar-refractivity contribution in [3.63, 3.8) is 0 Å². The van der Waals surface area contributed by atoms with Crippen LogP contribution in [0.3, 0.4) is 0 Å². The van der Waals surface area contributed by atoms with E-state index in [1.165, 1.54) is 6.08 Å². The predicted octanol–water partition coefficient (Wildman–Crippen LogP) is 4.66. The Morgan fingerprint density at radius 3 is 2.43 bits per heavy atom. The van der Waals surface area contributed by atoms with Gasteiger partial charge in [-0.3, -0.25) is 4.79 Å². The van der Waals surface area contributed by atoms with Crippen molar-refractivity contribution in [3.05, 3.63) is 58.1 Å². The lowest BCUT2D eigenvalue weighted by Crippen LogP contribution is -2.08. The quantitative estimate of drug-likeness (QED) is 0.796. The van der Waals surface area contributed by atoms with Gasteiger partial charge in [-0.05, 0) is 42.0 Å². The Balaban J connectivity index is 2.09. The van der Waals surface area contributed by atoms with Crippen LogP contribution in [0.1, 0.15) is 5.56 Å². The largest absolute Gasteiger partial charge is 0.493 e. The molecule has 1 N–H and O–H groups in total. The second-order valence-corrected chi connectivity index (χ2v) is 5.40. The molecule has 0 aromatic heterocycles. The molecule has 2 aromatic carbocycles. The maximum absolute atomic E-state index is 12.0. The Morgan fingerprint density at radius 1 is 1.04 bits per heavy atom. The Kier molecular flexibility index (Phi) is 5.90. The third-order valence-corrected chi connectivity index (χ3v) is 3.57. The molecule has 0 atom stereocenters. The van der Waals surface area contributed by atoms with Gasteiger partial charge < -0.3 is 14.8 Å². The highest BCUT2D eigenvalue weighted by atomic mass is 35.5. The molecular weight excluding hydrogens is 337 g/mol. The van der Waals surface area contributed by atoms with Crippen molar-refractivity contribution in [1.82, 2.24) is 0 Å². The summed E-state index contributed by atoms with van der Waals surface area (Å²) >= 11 is 11.8. The summed E-state index contributed by atoms with van der Waals surface area (Å²) in [5, 5.41) is 3.57. The van der Waals surface area contributed by atoms with Gasteiger partial charge >= 0.3 is 0 Å². The van der Waals surface area contributed by atoms with Crippen molar-refractivity contribution in [2.24, 2.45) is 0 Å². The van der Waals surface area contributed by atoms with E-state index in [2.05, 4.69) is 5.32 Å². The molecule has 4 nitrogen and oxygen atoms in total. The van der Waals surface area contributed by atoms with Crippen LogP contribution in [0.5, 0.6) is 11.5 Å². The summed E-state index contributed by atoms with van der Waals surface area (Å²) in [6.45, 7) is 0. The molecule has 2 rings (SSSR count). The van der Waals surface area contributed by atoms with Crippen LogP contribution in [0.4, 0.5) is 5.69 Å². The maximum Gasteiger partial charge on any atom is 0.248 e. The van der Waals surface area contributed by atoms with E-state index in [-0.39, 0.29) is 5.91 Å². The summed E-state index contributed by atoms with van der Waals surface area (Å²) < 4.78 is 10.4. The highest BCUT2D eigenvalue weighted by Crippen LogP contribution is 2.28. The molecular formula is C17H15Cl2NO3. The van der Waals surface area contributed by atoms with Gasteiger partial charge in [0.05, 0.1) is 24.9 Å². The highest BCUT2D eigenvalue weighted by Gasteiger charge is 2.05. The standard InChI is InChI=1S/C17H15Cl2NO3/c1-22-15-7-3-11(9-16(15)23-2)4-8-17(21)20-14-6-5-12(18)10-13(14)19/h3-10H,1-2H3,(H,20,21)/b8-4-. The molecule has 0 aliphatic carbocycles. The lowest BCUT2D eigenvalue weighted by Gasteiger charge is -2.08. The van der Waals surface area contributed by atoms with Gasteiger partial charge in [0.1, 0.15) is 0 Å². The molecule has 0 bridgehead atoms. The Bertz CT molecular complexity index is 745. The molecule has 6 heteroatoms. The molecule has 1 amide bonds. The molecule has 0 saturated heterocycles. The fourth-order valence-electron chi connectivity index (χ4n) is 1.89. The van der Waals surface area contributed by atoms with Crippen LogP contribution in [-0.2, 0) is 4.79 Å². The molecule has 0 aliphatic heterocycles. The van der Waals surface area contributed by atoms with Gasteiger partial charge in [0.25, 0.3) is 0 Å². The van der Waals surface area contributed by atoms with E-state index in [9.17, 15) is 4.79 Å². The monoisotopic (exact) mass is 351 g/mol. The first-order valence-corrected chi connectivity index (χ1v) is 7.45. The number of hydrogen-bond acceptors (Lipinski definition) is 3. The molecule has 0 heterocycles. The zero-order valence-electron chi connectivity index (χ0n) is 12.6. The number of rotatable bonds is 5. The first-order chi connectivity index (χ1) is 11.0. The third kappa shape index (κ3) is 4.65. The van der Waals surface area contributed by atoms with Crippen molar-refractivity contribution in [1.29, 1.82) is 0 Å². The second-order valence-electron chi connectivity index (χ2n) is 4.56. The minimum Gasteiger partial charge on any atom is -0.493 e. The first-order valence-electron chi connectivity index (χ1n) is 6.69. The van der Waals surface area contributed by atoms with E-state index >= 15 is 0 Å². The molecule has 120 valence electrons. The number of methoxy groups -OCH3 is 2. The molecule has 23 heavy (non-hydrogen) atoms. The zero-order valence-corrected chi connectivity index (χ0v) is 14.1. The first kappa shape index (κ1) is 17.2. The van der Waals surface area contributed by atoms with Gasteiger partial charge in [-0.25, -0.2) is 0 Å². The molecule has 0 fully saturated rings. The number of halogens is 2. The number of amides is 1. The average Bonchev–Trinajstić information content (AvgIpc) is 2.55. The van der Waals surface area contributed by atoms with Crippen molar-refractivity contribution in [3.8, 4) is 11.5 Å². The van der Waals surface area contributed by atoms with E-state index in [0.717, 1.165) is 5.56 Å². The van der Waals surface area contributed by atoms with Crippen LogP contribution in [0.2, 0.25) is 10.0 Å². The van der Waals surface area contributed by atoms with Crippen LogP contribution >= 0.6 is 23.2 Å². The summed E-state index contributed by atoms with van der Waals surface area (Å²) in [4.78, 5) is 12.0. The van der Waals surface area contributed by atoms with E-state index in [4.69, 9.17) is 32.7 Å². The second kappa shape index (κ2) is 7.90. The fourth-order valence-corrected chi connectivity index (χ4v) is 2.35. The Labute approximate surface area is 144 Å². The maximum atomic E-state index is 12.0. The number of anilines is 1. The minimum atomic E-state index is -0.302. The SMILES string of the molecule is COc1ccc(/C=C\C(=O)Nc2ccc(Cl)cc2Cl)cc1OC. The van der Waals surface area contributed by atoms with E-state index in [1.54, 1.807) is 50.6 Å². The van der Waals surface area contributed by atoms with Gasteiger partial charge in [-0.15, -0.1) is 0 Å². The minimum absolute atomic E-state index is 0.302. The van der Waals surface area contributed by atoms with Crippen molar-refractivity contribution < 1.29 is 14.3 Å². The van der Waals surface area contributed by atoms with E-state index < -0.39 is 0 Å². The lowest BCUT2D eigenvalue weighted by molar-refractivity contribution is -0.111. The number of carbonyl (C=O) groups is 1. The molecule has 0 saturated carbocycles. The molecule has 0 spiro atoms. The molecule has 0 aliphatic rings. The smallest absolute Gasteiger partial charge is 0.248 e. The van der Waals surface area contributed by atoms with Crippen LogP contribution in [0.15, 0.2) is 42.5 Å². The molecule has 0 radical (unpaired) electrons. The number of carbonyl (C=O) groups excluding carboxylic acids is 1. The Hall–Kier alpha value is -2.17. The fraction of sp³-hybridized carbons (Fsp3) is 0.118. The van der Waals surface area contributed by atoms with E-state index in [0.29, 0.717) is 27.2 Å². The molecule has 2 aromatic rings. The average molecular weight is 352 g/mol. The summed E-state index contributed by atoms with van der Waals surface area (Å²) in [5.74, 6) is 0.918. The van der Waals surface area contributed by atoms with Crippen LogP contribution in [-0.4, -0.2) is 20.1 Å². The van der Waals surface area contributed by atoms with Gasteiger partial charge in [-0.2, -0.15) is 0 Å². The normalized spacial score (nSPS) is 10.6. The van der Waals surface area contributed by atoms with Crippen LogP contribution in [0.25, 0.3) is 6.08 Å². The summed E-state index contributed by atoms with van der Waals surface area (Å²) in [6.07, 6.45) is 3.08. The van der Waals surface area contributed by atoms with Gasteiger partial charge in [0.2, 0.25) is 5.91 Å². The van der Waals surface area contributed by atoms with Crippen molar-refractivity contribution in [2.45, 2.75) is 0 Å². The number of nitrogens with one attached hydrogen (secondary N) is 1. The predicted molar refractivity (Wildman–Crippen MR) is 93.7 cm³/mol. The van der Waals surface area contributed by atoms with Crippen molar-refractivity contribution in [2.75, 3.05) is 19.5 Å². The van der Waals surface area contributed by atoms with Gasteiger partial charge in [-0.1, -0.05) is 29.3 Å². The van der Waals surface area contributed by atoms with Crippen molar-refractivity contribution >= 4 is 40.9 Å². The summed E-state index contributed by atoms with van der Waals surface area (Å²) in [7, 11) is 3.12. The van der Waals surface area contributed by atoms with Crippen LogP contribution in [0, 0.1) is 0 Å². The van der Waals surface area contributed by atoms with E-state index in [1.807, 2.05) is 6.07 Å². The summed E-state index contributed by atoms with van der Waals surface area (Å²) in [6, 6.07) is 10.2. The van der Waals surface area contributed by atoms with Crippen LogP contribution < -0.4 is 14.8 Å². The van der Waals surface area contributed by atoms with Gasteiger partial charge in [0.15, 0.2) is 11.5 Å². The molecule has 0 unspecified atom stereocenters. The zero-order chi connectivity index (χ0) is 16.8. The number of benzene rings is 2. The van der Waals surface area contributed by atoms with Gasteiger partial charge in [0, 0.05) is 11.1 Å². The number of hydrogen-bond donors (Lipinski definition) is 1.